The number of aromatic amines is 1. The number of rotatable bonds is 2. The van der Waals surface area contributed by atoms with E-state index in [4.69, 9.17) is 0 Å². The number of nitrogens with zero attached hydrogens (tertiary/aromatic N) is 1. The second kappa shape index (κ2) is 4.89. The van der Waals surface area contributed by atoms with Crippen LogP contribution in [-0.4, -0.2) is 16.1 Å². The van der Waals surface area contributed by atoms with Crippen molar-refractivity contribution in [2.24, 2.45) is 0 Å². The molecule has 1 amide bonds. The predicted molar refractivity (Wildman–Crippen MR) is 70.1 cm³/mol. The van der Waals surface area contributed by atoms with Crippen LogP contribution in [0.2, 0.25) is 0 Å². The van der Waals surface area contributed by atoms with Crippen molar-refractivity contribution in [2.75, 3.05) is 5.32 Å². The molecule has 0 saturated heterocycles. The fraction of sp³-hybridized carbons (Fsp3) is 0.167. The molecule has 2 aromatic rings. The first-order chi connectivity index (χ1) is 8.49. The van der Waals surface area contributed by atoms with Gasteiger partial charge in [-0.25, -0.2) is 4.39 Å². The number of hydrogen-bond acceptors (Lipinski definition) is 2. The number of H-pyrrole nitrogens is 1. The Balaban J connectivity index is 2.22. The minimum absolute atomic E-state index is 0.255. The summed E-state index contributed by atoms with van der Waals surface area (Å²) >= 11 is 3.04. The Morgan fingerprint density at radius 3 is 2.72 bits per heavy atom. The van der Waals surface area contributed by atoms with E-state index in [-0.39, 0.29) is 10.4 Å². The second-order valence-corrected chi connectivity index (χ2v) is 4.76. The van der Waals surface area contributed by atoms with Gasteiger partial charge in [0.15, 0.2) is 5.82 Å². The summed E-state index contributed by atoms with van der Waals surface area (Å²) in [6.45, 7) is 3.72. The van der Waals surface area contributed by atoms with Crippen LogP contribution in [0.15, 0.2) is 22.7 Å². The van der Waals surface area contributed by atoms with Crippen LogP contribution in [0.4, 0.5) is 10.2 Å². The molecule has 0 bridgehead atoms. The number of aromatic nitrogens is 2. The quantitative estimate of drug-likeness (QED) is 0.895. The first kappa shape index (κ1) is 12.8. The Morgan fingerprint density at radius 2 is 2.17 bits per heavy atom. The van der Waals surface area contributed by atoms with Crippen LogP contribution in [-0.2, 0) is 0 Å². The van der Waals surface area contributed by atoms with Crippen LogP contribution >= 0.6 is 15.9 Å². The SMILES string of the molecule is Cc1[nH]nc(NC(=O)c2ccc(F)c(Br)c2)c1C. The van der Waals surface area contributed by atoms with Crippen molar-refractivity contribution in [3.05, 3.63) is 45.3 Å². The van der Waals surface area contributed by atoms with Crippen molar-refractivity contribution >= 4 is 27.7 Å². The van der Waals surface area contributed by atoms with Gasteiger partial charge in [0.2, 0.25) is 0 Å². The first-order valence-electron chi connectivity index (χ1n) is 5.27. The Kier molecular flexibility index (Phi) is 3.47. The average molecular weight is 312 g/mol. The average Bonchev–Trinajstić information content (AvgIpc) is 2.64. The summed E-state index contributed by atoms with van der Waals surface area (Å²) in [4.78, 5) is 11.9. The summed E-state index contributed by atoms with van der Waals surface area (Å²) in [5.74, 6) is -0.249. The van der Waals surface area contributed by atoms with Gasteiger partial charge in [0.05, 0.1) is 4.47 Å². The molecule has 1 heterocycles. The number of hydrogen-bond donors (Lipinski definition) is 2. The Hall–Kier alpha value is -1.69. The highest BCUT2D eigenvalue weighted by Gasteiger charge is 2.12. The molecule has 0 saturated carbocycles. The largest absolute Gasteiger partial charge is 0.305 e. The van der Waals surface area contributed by atoms with Gasteiger partial charge < -0.3 is 5.32 Å². The number of benzene rings is 1. The number of aryl methyl sites for hydroxylation is 1. The van der Waals surface area contributed by atoms with Gasteiger partial charge in [0, 0.05) is 16.8 Å². The Bertz CT molecular complexity index is 609. The van der Waals surface area contributed by atoms with E-state index in [0.717, 1.165) is 11.3 Å². The van der Waals surface area contributed by atoms with Crippen LogP contribution in [0.1, 0.15) is 21.6 Å². The summed E-state index contributed by atoms with van der Waals surface area (Å²) in [6.07, 6.45) is 0. The molecule has 1 aromatic heterocycles. The lowest BCUT2D eigenvalue weighted by Gasteiger charge is -2.04. The molecule has 0 atom stereocenters. The summed E-state index contributed by atoms with van der Waals surface area (Å²) < 4.78 is 13.3. The van der Waals surface area contributed by atoms with E-state index in [1.165, 1.54) is 18.2 Å². The normalized spacial score (nSPS) is 10.4. The summed E-state index contributed by atoms with van der Waals surface area (Å²) in [6, 6.07) is 4.09. The highest BCUT2D eigenvalue weighted by atomic mass is 79.9. The smallest absolute Gasteiger partial charge is 0.256 e. The monoisotopic (exact) mass is 311 g/mol. The number of carbonyl (C=O) groups is 1. The highest BCUT2D eigenvalue weighted by Crippen LogP contribution is 2.19. The molecule has 0 aliphatic rings. The molecular weight excluding hydrogens is 301 g/mol. The zero-order valence-electron chi connectivity index (χ0n) is 9.84. The van der Waals surface area contributed by atoms with Crippen molar-refractivity contribution < 1.29 is 9.18 Å². The van der Waals surface area contributed by atoms with Crippen molar-refractivity contribution in [2.45, 2.75) is 13.8 Å². The molecule has 0 aliphatic heterocycles. The third-order valence-electron chi connectivity index (χ3n) is 2.67. The van der Waals surface area contributed by atoms with Gasteiger partial charge >= 0.3 is 0 Å². The fourth-order valence-electron chi connectivity index (χ4n) is 1.42. The molecule has 94 valence electrons. The molecule has 0 spiro atoms. The summed E-state index contributed by atoms with van der Waals surface area (Å²) in [5.41, 5.74) is 2.14. The number of nitrogens with one attached hydrogen (secondary N) is 2. The molecule has 6 heteroatoms. The fourth-order valence-corrected chi connectivity index (χ4v) is 1.80. The lowest BCUT2D eigenvalue weighted by atomic mass is 10.2. The van der Waals surface area contributed by atoms with E-state index in [1.54, 1.807) is 0 Å². The minimum atomic E-state index is -0.404. The van der Waals surface area contributed by atoms with E-state index < -0.39 is 5.82 Å². The maximum atomic E-state index is 13.1. The standard InChI is InChI=1S/C12H11BrFN3O/c1-6-7(2)16-17-11(6)15-12(18)8-3-4-10(14)9(13)5-8/h3-5H,1-2H3,(H2,15,16,17,18). The third kappa shape index (κ3) is 2.43. The van der Waals surface area contributed by atoms with Gasteiger partial charge in [-0.1, -0.05) is 0 Å². The number of anilines is 1. The van der Waals surface area contributed by atoms with Crippen LogP contribution < -0.4 is 5.32 Å². The zero-order valence-corrected chi connectivity index (χ0v) is 11.4. The van der Waals surface area contributed by atoms with Crippen LogP contribution in [0.3, 0.4) is 0 Å². The molecule has 2 N–H and O–H groups in total. The van der Waals surface area contributed by atoms with E-state index in [0.29, 0.717) is 11.4 Å². The van der Waals surface area contributed by atoms with Crippen LogP contribution in [0.25, 0.3) is 0 Å². The molecule has 0 aliphatic carbocycles. The van der Waals surface area contributed by atoms with Crippen LogP contribution in [0, 0.1) is 19.7 Å². The van der Waals surface area contributed by atoms with Gasteiger partial charge in [-0.2, -0.15) is 5.10 Å². The van der Waals surface area contributed by atoms with E-state index in [9.17, 15) is 9.18 Å². The summed E-state index contributed by atoms with van der Waals surface area (Å²) in [7, 11) is 0. The molecule has 1 aromatic carbocycles. The molecule has 2 rings (SSSR count). The molecule has 4 nitrogen and oxygen atoms in total. The van der Waals surface area contributed by atoms with E-state index in [2.05, 4.69) is 31.4 Å². The third-order valence-corrected chi connectivity index (χ3v) is 3.27. The predicted octanol–water partition coefficient (Wildman–Crippen LogP) is 3.18. The maximum Gasteiger partial charge on any atom is 0.256 e. The van der Waals surface area contributed by atoms with Gasteiger partial charge in [-0.05, 0) is 48.0 Å². The van der Waals surface area contributed by atoms with Gasteiger partial charge in [-0.15, -0.1) is 0 Å². The van der Waals surface area contributed by atoms with Gasteiger partial charge in [0.1, 0.15) is 5.82 Å². The molecule has 0 radical (unpaired) electrons. The Morgan fingerprint density at radius 1 is 1.44 bits per heavy atom. The minimum Gasteiger partial charge on any atom is -0.305 e. The molecule has 0 unspecified atom stereocenters. The number of carbonyl (C=O) groups excluding carboxylic acids is 1. The molecule has 0 fully saturated rings. The highest BCUT2D eigenvalue weighted by molar-refractivity contribution is 9.10. The molecule has 18 heavy (non-hydrogen) atoms. The maximum absolute atomic E-state index is 13.1. The van der Waals surface area contributed by atoms with Crippen molar-refractivity contribution in [1.29, 1.82) is 0 Å². The number of amides is 1. The van der Waals surface area contributed by atoms with Crippen molar-refractivity contribution in [3.63, 3.8) is 0 Å². The molecular formula is C12H11BrFN3O. The van der Waals surface area contributed by atoms with Crippen LogP contribution in [0.5, 0.6) is 0 Å². The lowest BCUT2D eigenvalue weighted by Crippen LogP contribution is -2.13. The van der Waals surface area contributed by atoms with Gasteiger partial charge in [0.25, 0.3) is 5.91 Å². The topological polar surface area (TPSA) is 57.8 Å². The second-order valence-electron chi connectivity index (χ2n) is 3.91. The van der Waals surface area contributed by atoms with E-state index in [1.807, 2.05) is 13.8 Å². The van der Waals surface area contributed by atoms with Gasteiger partial charge in [-0.3, -0.25) is 9.89 Å². The van der Waals surface area contributed by atoms with E-state index >= 15 is 0 Å². The Labute approximate surface area is 112 Å². The number of halogens is 2. The van der Waals surface area contributed by atoms with Crippen molar-refractivity contribution in [3.8, 4) is 0 Å². The lowest BCUT2D eigenvalue weighted by molar-refractivity contribution is 0.102. The van der Waals surface area contributed by atoms with Crippen molar-refractivity contribution in [1.82, 2.24) is 10.2 Å². The zero-order chi connectivity index (χ0) is 13.3. The summed E-state index contributed by atoms with van der Waals surface area (Å²) in [5, 5.41) is 9.43. The first-order valence-corrected chi connectivity index (χ1v) is 6.06.